The van der Waals surface area contributed by atoms with E-state index < -0.39 is 17.8 Å². The SMILES string of the molecule is CC(C)(C)c1ccc(C(=O)Nc2ccccc2C(=O)Nc2ccc(Cl)cn2)c(OC2CCN(Cc3ccccc3C(=O)O)CC2)c1. The van der Waals surface area contributed by atoms with Crippen LogP contribution >= 0.6 is 11.6 Å². The van der Waals surface area contributed by atoms with Crippen molar-refractivity contribution in [2.75, 3.05) is 23.7 Å². The number of carboxylic acids is 1. The van der Waals surface area contributed by atoms with Crippen LogP contribution < -0.4 is 15.4 Å². The maximum atomic E-state index is 13.7. The van der Waals surface area contributed by atoms with Crippen molar-refractivity contribution in [1.29, 1.82) is 0 Å². The van der Waals surface area contributed by atoms with Crippen LogP contribution in [0.25, 0.3) is 0 Å². The molecule has 3 N–H and O–H groups in total. The van der Waals surface area contributed by atoms with Gasteiger partial charge in [-0.3, -0.25) is 14.5 Å². The summed E-state index contributed by atoms with van der Waals surface area (Å²) >= 11 is 5.91. The number of piperidine rings is 1. The number of benzene rings is 3. The summed E-state index contributed by atoms with van der Waals surface area (Å²) in [6.45, 7) is 8.30. The average molecular weight is 641 g/mol. The third-order valence-electron chi connectivity index (χ3n) is 7.95. The Morgan fingerprint density at radius 3 is 2.24 bits per heavy atom. The highest BCUT2D eigenvalue weighted by Crippen LogP contribution is 2.32. The van der Waals surface area contributed by atoms with Crippen LogP contribution in [0.1, 0.15) is 75.8 Å². The van der Waals surface area contributed by atoms with Gasteiger partial charge in [0.15, 0.2) is 0 Å². The highest BCUT2D eigenvalue weighted by molar-refractivity contribution is 6.30. The molecule has 0 radical (unpaired) electrons. The summed E-state index contributed by atoms with van der Waals surface area (Å²) < 4.78 is 6.53. The van der Waals surface area contributed by atoms with Gasteiger partial charge in [0, 0.05) is 25.8 Å². The lowest BCUT2D eigenvalue weighted by molar-refractivity contribution is 0.0689. The van der Waals surface area contributed by atoms with Crippen LogP contribution in [0.15, 0.2) is 85.1 Å². The van der Waals surface area contributed by atoms with E-state index in [1.807, 2.05) is 24.3 Å². The van der Waals surface area contributed by atoms with Gasteiger partial charge in [-0.2, -0.15) is 0 Å². The zero-order valence-electron chi connectivity index (χ0n) is 26.0. The highest BCUT2D eigenvalue weighted by Gasteiger charge is 2.26. The third kappa shape index (κ3) is 8.10. The minimum absolute atomic E-state index is 0.127. The number of amides is 2. The molecule has 9 nitrogen and oxygen atoms in total. The van der Waals surface area contributed by atoms with Gasteiger partial charge in [-0.15, -0.1) is 0 Å². The Bertz CT molecular complexity index is 1730. The number of aromatic carboxylic acids is 1. The summed E-state index contributed by atoms with van der Waals surface area (Å²) in [4.78, 5) is 44.9. The lowest BCUT2D eigenvalue weighted by Crippen LogP contribution is -2.38. The van der Waals surface area contributed by atoms with Gasteiger partial charge in [0.1, 0.15) is 17.7 Å². The van der Waals surface area contributed by atoms with Gasteiger partial charge in [-0.25, -0.2) is 9.78 Å². The van der Waals surface area contributed by atoms with Gasteiger partial charge in [0.05, 0.1) is 27.4 Å². The van der Waals surface area contributed by atoms with Crippen molar-refractivity contribution < 1.29 is 24.2 Å². The van der Waals surface area contributed by atoms with E-state index in [2.05, 4.69) is 41.3 Å². The lowest BCUT2D eigenvalue weighted by Gasteiger charge is -2.33. The van der Waals surface area contributed by atoms with Crippen molar-refractivity contribution in [3.63, 3.8) is 0 Å². The number of hydrogen-bond donors (Lipinski definition) is 3. The Balaban J connectivity index is 1.31. The number of carbonyl (C=O) groups is 3. The fraction of sp³-hybridized carbons (Fsp3) is 0.278. The monoisotopic (exact) mass is 640 g/mol. The number of carbonyl (C=O) groups excluding carboxylic acids is 2. The Labute approximate surface area is 273 Å². The fourth-order valence-corrected chi connectivity index (χ4v) is 5.47. The van der Waals surface area contributed by atoms with E-state index >= 15 is 0 Å². The number of carboxylic acid groups (broad SMARTS) is 1. The largest absolute Gasteiger partial charge is 0.489 e. The maximum Gasteiger partial charge on any atom is 0.336 e. The molecule has 0 spiro atoms. The van der Waals surface area contributed by atoms with Crippen LogP contribution in [-0.2, 0) is 12.0 Å². The molecule has 1 aromatic heterocycles. The topological polar surface area (TPSA) is 121 Å². The number of aromatic nitrogens is 1. The van der Waals surface area contributed by atoms with Crippen molar-refractivity contribution in [3.8, 4) is 5.75 Å². The fourth-order valence-electron chi connectivity index (χ4n) is 5.36. The molecule has 0 atom stereocenters. The van der Waals surface area contributed by atoms with Gasteiger partial charge in [0.2, 0.25) is 0 Å². The molecule has 1 saturated heterocycles. The molecule has 46 heavy (non-hydrogen) atoms. The van der Waals surface area contributed by atoms with E-state index in [9.17, 15) is 19.5 Å². The van der Waals surface area contributed by atoms with Crippen molar-refractivity contribution in [3.05, 3.63) is 118 Å². The third-order valence-corrected chi connectivity index (χ3v) is 8.17. The average Bonchev–Trinajstić information content (AvgIpc) is 3.03. The number of likely N-dealkylation sites (tertiary alicyclic amines) is 1. The molecule has 1 aliphatic rings. The predicted octanol–water partition coefficient (Wildman–Crippen LogP) is 7.28. The summed E-state index contributed by atoms with van der Waals surface area (Å²) in [5, 5.41) is 15.7. The first-order chi connectivity index (χ1) is 22.0. The zero-order chi connectivity index (χ0) is 32.8. The van der Waals surface area contributed by atoms with Crippen LogP contribution in [0.3, 0.4) is 0 Å². The normalized spacial score (nSPS) is 14.0. The summed E-state index contributed by atoms with van der Waals surface area (Å²) in [5.41, 5.74) is 2.94. The second kappa shape index (κ2) is 14.1. The van der Waals surface area contributed by atoms with E-state index in [1.165, 1.54) is 6.20 Å². The number of para-hydroxylation sites is 1. The first-order valence-corrected chi connectivity index (χ1v) is 15.5. The summed E-state index contributed by atoms with van der Waals surface area (Å²) in [6, 6.07) is 22.7. The van der Waals surface area contributed by atoms with Crippen molar-refractivity contribution in [2.45, 2.75) is 51.7 Å². The van der Waals surface area contributed by atoms with Gasteiger partial charge >= 0.3 is 5.97 Å². The summed E-state index contributed by atoms with van der Waals surface area (Å²) in [7, 11) is 0. The molecule has 3 aromatic carbocycles. The molecule has 238 valence electrons. The highest BCUT2D eigenvalue weighted by atomic mass is 35.5. The van der Waals surface area contributed by atoms with Crippen LogP contribution in [0.2, 0.25) is 5.02 Å². The number of pyridine rings is 1. The molecule has 0 saturated carbocycles. The second-order valence-corrected chi connectivity index (χ2v) is 12.8. The Kier molecular flexibility index (Phi) is 10.0. The molecule has 0 unspecified atom stereocenters. The molecule has 0 aliphatic carbocycles. The molecule has 4 aromatic rings. The van der Waals surface area contributed by atoms with Crippen molar-refractivity contribution in [2.24, 2.45) is 0 Å². The molecule has 0 bridgehead atoms. The second-order valence-electron chi connectivity index (χ2n) is 12.3. The number of ether oxygens (including phenoxy) is 1. The van der Waals surface area contributed by atoms with E-state index in [0.29, 0.717) is 39.9 Å². The lowest BCUT2D eigenvalue weighted by atomic mass is 9.86. The van der Waals surface area contributed by atoms with Crippen LogP contribution in [0.4, 0.5) is 11.5 Å². The van der Waals surface area contributed by atoms with Crippen LogP contribution in [-0.4, -0.2) is 52.0 Å². The van der Waals surface area contributed by atoms with Crippen molar-refractivity contribution in [1.82, 2.24) is 9.88 Å². The van der Waals surface area contributed by atoms with Crippen LogP contribution in [0.5, 0.6) is 5.75 Å². The van der Waals surface area contributed by atoms with E-state index in [-0.39, 0.29) is 17.1 Å². The molecule has 5 rings (SSSR count). The molecule has 1 fully saturated rings. The predicted molar refractivity (Wildman–Crippen MR) is 179 cm³/mol. The number of nitrogens with zero attached hydrogens (tertiary/aromatic N) is 2. The first-order valence-electron chi connectivity index (χ1n) is 15.2. The smallest absolute Gasteiger partial charge is 0.336 e. The van der Waals surface area contributed by atoms with Gasteiger partial charge in [0.25, 0.3) is 11.8 Å². The molecular formula is C36H37ClN4O5. The van der Waals surface area contributed by atoms with E-state index in [1.54, 1.807) is 54.6 Å². The van der Waals surface area contributed by atoms with Gasteiger partial charge < -0.3 is 20.5 Å². The van der Waals surface area contributed by atoms with Gasteiger partial charge in [-0.1, -0.05) is 68.8 Å². The molecule has 10 heteroatoms. The number of halogens is 1. The van der Waals surface area contributed by atoms with E-state index in [0.717, 1.165) is 37.1 Å². The number of nitrogens with one attached hydrogen (secondary N) is 2. The minimum Gasteiger partial charge on any atom is -0.489 e. The molecule has 1 aliphatic heterocycles. The summed E-state index contributed by atoms with van der Waals surface area (Å²) in [6.07, 6.45) is 2.75. The Morgan fingerprint density at radius 2 is 1.57 bits per heavy atom. The quantitative estimate of drug-likeness (QED) is 0.176. The molecule has 2 heterocycles. The summed E-state index contributed by atoms with van der Waals surface area (Å²) in [5.74, 6) is -0.945. The van der Waals surface area contributed by atoms with E-state index in [4.69, 9.17) is 16.3 Å². The standard InChI is InChI=1S/C36H37ClN4O5/c1-36(2,3)24-12-14-29(34(43)39-30-11-7-6-10-28(30)33(42)40-32-15-13-25(37)21-38-32)31(20-24)46-26-16-18-41(19-17-26)22-23-8-4-5-9-27(23)35(44)45/h4-15,20-21,26H,16-19,22H2,1-3H3,(H,39,43)(H,44,45)(H,38,40,42). The first kappa shape index (κ1) is 32.7. The minimum atomic E-state index is -0.930. The number of rotatable bonds is 9. The van der Waals surface area contributed by atoms with Crippen molar-refractivity contribution >= 4 is 40.9 Å². The number of hydrogen-bond acceptors (Lipinski definition) is 6. The molecule has 2 amide bonds. The molecular weight excluding hydrogens is 604 g/mol. The Morgan fingerprint density at radius 1 is 0.891 bits per heavy atom. The Hall–Kier alpha value is -4.73. The van der Waals surface area contributed by atoms with Crippen LogP contribution in [0, 0.1) is 0 Å². The number of anilines is 2. The maximum absolute atomic E-state index is 13.7. The zero-order valence-corrected chi connectivity index (χ0v) is 26.8. The van der Waals surface area contributed by atoms with Gasteiger partial charge in [-0.05, 0) is 71.8 Å².